The van der Waals surface area contributed by atoms with Crippen LogP contribution < -0.4 is 4.90 Å². The normalized spacial score (nSPS) is 20.2. The number of likely N-dealkylation sites (tertiary alicyclic amines) is 1. The van der Waals surface area contributed by atoms with Gasteiger partial charge < -0.3 is 14.5 Å². The van der Waals surface area contributed by atoms with Gasteiger partial charge in [0.05, 0.1) is 18.6 Å². The Morgan fingerprint density at radius 3 is 2.32 bits per heavy atom. The average Bonchev–Trinajstić information content (AvgIpc) is 2.72. The van der Waals surface area contributed by atoms with Gasteiger partial charge in [0, 0.05) is 18.8 Å². The summed E-state index contributed by atoms with van der Waals surface area (Å²) in [6, 6.07) is 10.4. The maximum absolute atomic E-state index is 14.4. The third-order valence-electron chi connectivity index (χ3n) is 5.70. The number of alkyl halides is 2. The van der Waals surface area contributed by atoms with Gasteiger partial charge in [-0.15, -0.1) is 0 Å². The Hall–Kier alpha value is -2.94. The van der Waals surface area contributed by atoms with Gasteiger partial charge in [-0.2, -0.15) is 8.78 Å². The molecule has 9 heteroatoms. The zero-order chi connectivity index (χ0) is 22.2. The first kappa shape index (κ1) is 21.3. The lowest BCUT2D eigenvalue weighted by molar-refractivity contribution is -0.292. The van der Waals surface area contributed by atoms with Crippen molar-refractivity contribution in [3.05, 3.63) is 65.7 Å². The van der Waals surface area contributed by atoms with E-state index in [2.05, 4.69) is 0 Å². The van der Waals surface area contributed by atoms with Crippen LogP contribution in [0.4, 0.5) is 23.2 Å². The number of amides is 2. The minimum atomic E-state index is -4.03. The van der Waals surface area contributed by atoms with E-state index < -0.39 is 29.3 Å². The summed E-state index contributed by atoms with van der Waals surface area (Å²) in [5, 5.41) is 0. The third kappa shape index (κ3) is 4.41. The molecule has 2 heterocycles. The van der Waals surface area contributed by atoms with Crippen LogP contribution in [-0.2, 0) is 20.7 Å². The van der Waals surface area contributed by atoms with Gasteiger partial charge in [-0.05, 0) is 54.8 Å². The number of carbonyl (C=O) groups is 2. The lowest BCUT2D eigenvalue weighted by atomic mass is 9.88. The number of hydrogen-bond donors (Lipinski definition) is 0. The van der Waals surface area contributed by atoms with Crippen molar-refractivity contribution in [1.82, 2.24) is 4.90 Å². The minimum Gasteiger partial charge on any atom is -0.342 e. The molecule has 0 saturated carbocycles. The second-order valence-electron chi connectivity index (χ2n) is 7.86. The summed E-state index contributed by atoms with van der Waals surface area (Å²) in [7, 11) is 0. The molecular weight excluding hydrogens is 416 g/mol. The van der Waals surface area contributed by atoms with Crippen LogP contribution in [0.25, 0.3) is 0 Å². The van der Waals surface area contributed by atoms with Crippen LogP contribution in [0.5, 0.6) is 0 Å². The first-order valence-electron chi connectivity index (χ1n) is 9.85. The lowest BCUT2D eigenvalue weighted by Crippen LogP contribution is -2.65. The number of nitrogens with zero attached hydrogens (tertiary/aromatic N) is 2. The highest BCUT2D eigenvalue weighted by Crippen LogP contribution is 2.40. The van der Waals surface area contributed by atoms with Crippen molar-refractivity contribution in [3.8, 4) is 0 Å². The molecule has 2 aromatic rings. The van der Waals surface area contributed by atoms with E-state index in [1.807, 2.05) is 0 Å². The maximum atomic E-state index is 14.4. The highest BCUT2D eigenvalue weighted by molar-refractivity contribution is 5.98. The number of halogens is 4. The summed E-state index contributed by atoms with van der Waals surface area (Å²) in [6.07, 6.45) is -3.83. The van der Waals surface area contributed by atoms with Crippen molar-refractivity contribution in [3.63, 3.8) is 0 Å². The predicted octanol–water partition coefficient (Wildman–Crippen LogP) is 3.52. The molecule has 1 spiro atoms. The van der Waals surface area contributed by atoms with Crippen molar-refractivity contribution in [2.45, 2.75) is 31.0 Å². The Morgan fingerprint density at radius 2 is 1.68 bits per heavy atom. The minimum absolute atomic E-state index is 0.00195. The molecule has 2 amide bonds. The van der Waals surface area contributed by atoms with Gasteiger partial charge in [0.15, 0.2) is 0 Å². The van der Waals surface area contributed by atoms with E-state index in [1.165, 1.54) is 35.2 Å². The molecule has 0 aliphatic carbocycles. The molecule has 0 radical (unpaired) electrons. The topological polar surface area (TPSA) is 49.9 Å². The summed E-state index contributed by atoms with van der Waals surface area (Å²) in [5.41, 5.74) is -0.654. The van der Waals surface area contributed by atoms with Gasteiger partial charge in [0.25, 0.3) is 0 Å². The zero-order valence-corrected chi connectivity index (χ0v) is 16.5. The number of anilines is 1. The van der Waals surface area contributed by atoms with E-state index in [0.717, 1.165) is 17.0 Å². The molecule has 0 unspecified atom stereocenters. The average molecular weight is 436 g/mol. The SMILES string of the molecule is O=C(Cc1cccc(F)c1)N1CCC2(CC1)CN(c1ccc(F)cc1)C(=O)C(F)(F)O2. The lowest BCUT2D eigenvalue weighted by Gasteiger charge is -2.48. The summed E-state index contributed by atoms with van der Waals surface area (Å²) >= 11 is 0. The summed E-state index contributed by atoms with van der Waals surface area (Å²) in [4.78, 5) is 27.2. The Kier molecular flexibility index (Phi) is 5.47. The van der Waals surface area contributed by atoms with E-state index >= 15 is 0 Å². The molecule has 2 aromatic carbocycles. The smallest absolute Gasteiger partial charge is 0.342 e. The van der Waals surface area contributed by atoms with E-state index in [4.69, 9.17) is 4.74 Å². The number of carbonyl (C=O) groups excluding carboxylic acids is 2. The molecule has 0 N–H and O–H groups in total. The molecule has 0 aromatic heterocycles. The van der Waals surface area contributed by atoms with E-state index in [1.54, 1.807) is 6.07 Å². The highest BCUT2D eigenvalue weighted by Gasteiger charge is 2.57. The molecule has 0 bridgehead atoms. The van der Waals surface area contributed by atoms with Crippen molar-refractivity contribution in [2.24, 2.45) is 0 Å². The van der Waals surface area contributed by atoms with Crippen molar-refractivity contribution < 1.29 is 31.9 Å². The number of ether oxygens (including phenoxy) is 1. The highest BCUT2D eigenvalue weighted by atomic mass is 19.3. The molecule has 0 atom stereocenters. The fraction of sp³-hybridized carbons (Fsp3) is 0.364. The zero-order valence-electron chi connectivity index (χ0n) is 16.5. The molecule has 2 saturated heterocycles. The van der Waals surface area contributed by atoms with E-state index in [9.17, 15) is 27.2 Å². The number of rotatable bonds is 3. The predicted molar refractivity (Wildman–Crippen MR) is 103 cm³/mol. The van der Waals surface area contributed by atoms with Crippen LogP contribution in [0.2, 0.25) is 0 Å². The fourth-order valence-corrected chi connectivity index (χ4v) is 4.05. The number of benzene rings is 2. The molecule has 5 nitrogen and oxygen atoms in total. The number of hydrogen-bond acceptors (Lipinski definition) is 3. The van der Waals surface area contributed by atoms with Gasteiger partial charge in [-0.1, -0.05) is 12.1 Å². The molecule has 31 heavy (non-hydrogen) atoms. The largest absolute Gasteiger partial charge is 0.437 e. The molecule has 2 fully saturated rings. The van der Waals surface area contributed by atoms with Crippen molar-refractivity contribution in [1.29, 1.82) is 0 Å². The van der Waals surface area contributed by atoms with E-state index in [0.29, 0.717) is 5.56 Å². The second kappa shape index (κ2) is 7.96. The van der Waals surface area contributed by atoms with Gasteiger partial charge >= 0.3 is 12.0 Å². The Balaban J connectivity index is 1.46. The maximum Gasteiger partial charge on any atom is 0.437 e. The van der Waals surface area contributed by atoms with Crippen LogP contribution >= 0.6 is 0 Å². The third-order valence-corrected chi connectivity index (χ3v) is 5.70. The molecule has 4 rings (SSSR count). The number of piperidine rings is 1. The molecule has 2 aliphatic rings. The molecule has 164 valence electrons. The Morgan fingerprint density at radius 1 is 1.00 bits per heavy atom. The fourth-order valence-electron chi connectivity index (χ4n) is 4.05. The molecule has 2 aliphatic heterocycles. The van der Waals surface area contributed by atoms with E-state index in [-0.39, 0.29) is 50.5 Å². The summed E-state index contributed by atoms with van der Waals surface area (Å²) in [6.45, 7) is 0.199. The van der Waals surface area contributed by atoms with Crippen molar-refractivity contribution >= 4 is 17.5 Å². The van der Waals surface area contributed by atoms with Gasteiger partial charge in [-0.25, -0.2) is 8.78 Å². The van der Waals surface area contributed by atoms with Gasteiger partial charge in [-0.3, -0.25) is 9.59 Å². The Bertz CT molecular complexity index is 989. The van der Waals surface area contributed by atoms with Crippen LogP contribution in [0.15, 0.2) is 48.5 Å². The van der Waals surface area contributed by atoms with Crippen LogP contribution in [0, 0.1) is 11.6 Å². The summed E-state index contributed by atoms with van der Waals surface area (Å²) in [5.74, 6) is -2.73. The first-order chi connectivity index (χ1) is 14.7. The number of morpholine rings is 1. The van der Waals surface area contributed by atoms with Crippen LogP contribution in [0.3, 0.4) is 0 Å². The molecular formula is C22H20F4N2O3. The monoisotopic (exact) mass is 436 g/mol. The van der Waals surface area contributed by atoms with Gasteiger partial charge in [0.2, 0.25) is 5.91 Å². The Labute approximate surface area is 176 Å². The van der Waals surface area contributed by atoms with Crippen LogP contribution in [0.1, 0.15) is 18.4 Å². The van der Waals surface area contributed by atoms with Crippen molar-refractivity contribution in [2.75, 3.05) is 24.5 Å². The second-order valence-corrected chi connectivity index (χ2v) is 7.86. The van der Waals surface area contributed by atoms with Gasteiger partial charge in [0.1, 0.15) is 11.6 Å². The summed E-state index contributed by atoms with van der Waals surface area (Å²) < 4.78 is 60.4. The first-order valence-corrected chi connectivity index (χ1v) is 9.85. The quantitative estimate of drug-likeness (QED) is 0.692. The standard InChI is InChI=1S/C22H20F4N2O3/c23-16-4-6-18(7-5-16)28-14-21(31-22(25,26)20(28)30)8-10-27(11-9-21)19(29)13-15-2-1-3-17(24)12-15/h1-7,12H,8-11,13-14H2. The van der Waals surface area contributed by atoms with Crippen LogP contribution in [-0.4, -0.2) is 48.1 Å².